The van der Waals surface area contributed by atoms with E-state index in [-0.39, 0.29) is 11.5 Å². The molecule has 3 aliphatic rings. The van der Waals surface area contributed by atoms with E-state index < -0.39 is 0 Å². The highest BCUT2D eigenvalue weighted by Crippen LogP contribution is 2.44. The lowest BCUT2D eigenvalue weighted by Crippen LogP contribution is -2.48. The summed E-state index contributed by atoms with van der Waals surface area (Å²) >= 11 is 6.07. The van der Waals surface area contributed by atoms with Crippen molar-refractivity contribution in [2.75, 3.05) is 13.1 Å². The van der Waals surface area contributed by atoms with Crippen LogP contribution in [0.1, 0.15) is 50.5 Å². The summed E-state index contributed by atoms with van der Waals surface area (Å²) in [6.45, 7) is 1.77. The molecule has 0 aromatic heterocycles. The highest BCUT2D eigenvalue weighted by Gasteiger charge is 2.49. The molecule has 3 nitrogen and oxygen atoms in total. The fraction of sp³-hybridized carbons (Fsp3) is 0.650. The van der Waals surface area contributed by atoms with Crippen LogP contribution in [0.25, 0.3) is 0 Å². The molecule has 1 heterocycles. The van der Waals surface area contributed by atoms with Crippen LogP contribution in [0.15, 0.2) is 24.3 Å². The van der Waals surface area contributed by atoms with Crippen LogP contribution in [0.3, 0.4) is 0 Å². The Morgan fingerprint density at radius 2 is 1.79 bits per heavy atom. The second-order valence-electron chi connectivity index (χ2n) is 8.02. The molecule has 2 N–H and O–H groups in total. The zero-order chi connectivity index (χ0) is 16.7. The first-order chi connectivity index (χ1) is 11.6. The summed E-state index contributed by atoms with van der Waals surface area (Å²) < 4.78 is 0. The van der Waals surface area contributed by atoms with Gasteiger partial charge in [0.05, 0.1) is 5.41 Å². The molecule has 0 bridgehead atoms. The molecule has 1 saturated heterocycles. The van der Waals surface area contributed by atoms with E-state index in [0.717, 1.165) is 55.8 Å². The van der Waals surface area contributed by atoms with Crippen LogP contribution in [0, 0.1) is 11.8 Å². The molecule has 3 unspecified atom stereocenters. The van der Waals surface area contributed by atoms with Gasteiger partial charge >= 0.3 is 0 Å². The van der Waals surface area contributed by atoms with Gasteiger partial charge in [0, 0.05) is 24.2 Å². The minimum absolute atomic E-state index is 0.283. The average molecular weight is 347 g/mol. The van der Waals surface area contributed by atoms with Crippen molar-refractivity contribution in [1.29, 1.82) is 0 Å². The Balaban J connectivity index is 1.62. The number of likely N-dealkylation sites (tertiary alicyclic amines) is 1. The van der Waals surface area contributed by atoms with Gasteiger partial charge in [0.2, 0.25) is 5.91 Å². The van der Waals surface area contributed by atoms with Crippen molar-refractivity contribution in [3.8, 4) is 0 Å². The number of rotatable bonds is 2. The van der Waals surface area contributed by atoms with E-state index in [4.69, 9.17) is 17.3 Å². The number of carbonyl (C=O) groups is 1. The molecule has 24 heavy (non-hydrogen) atoms. The molecular weight excluding hydrogens is 320 g/mol. The monoisotopic (exact) mass is 346 g/mol. The topological polar surface area (TPSA) is 46.3 Å². The molecule has 3 fully saturated rings. The Bertz CT molecular complexity index is 609. The lowest BCUT2D eigenvalue weighted by Gasteiger charge is -2.39. The predicted octanol–water partition coefficient (Wildman–Crippen LogP) is 3.74. The Morgan fingerprint density at radius 3 is 2.46 bits per heavy atom. The van der Waals surface area contributed by atoms with Crippen LogP contribution in [0.2, 0.25) is 5.02 Å². The Hall–Kier alpha value is -1.06. The van der Waals surface area contributed by atoms with E-state index in [1.54, 1.807) is 0 Å². The van der Waals surface area contributed by atoms with Gasteiger partial charge in [-0.3, -0.25) is 4.79 Å². The van der Waals surface area contributed by atoms with Crippen molar-refractivity contribution in [3.05, 3.63) is 34.9 Å². The second-order valence-corrected chi connectivity index (χ2v) is 8.46. The smallest absolute Gasteiger partial charge is 0.233 e. The second kappa shape index (κ2) is 6.34. The predicted molar refractivity (Wildman–Crippen MR) is 97.0 cm³/mol. The maximum absolute atomic E-state index is 13.6. The van der Waals surface area contributed by atoms with E-state index in [1.807, 2.05) is 12.1 Å². The number of benzene rings is 1. The standard InChI is InChI=1S/C20H27ClN2O/c21-16-7-5-15(6-8-16)20(10-2-1-3-11-20)19(24)23-12-14-4-9-18(22)17(14)13-23/h5-8,14,17-18H,1-4,9-13,22H2. The van der Waals surface area contributed by atoms with Crippen molar-refractivity contribution in [1.82, 2.24) is 4.90 Å². The largest absolute Gasteiger partial charge is 0.341 e. The molecule has 1 aliphatic heterocycles. The van der Waals surface area contributed by atoms with Crippen molar-refractivity contribution < 1.29 is 4.79 Å². The molecule has 130 valence electrons. The maximum atomic E-state index is 13.6. The van der Waals surface area contributed by atoms with E-state index in [1.165, 1.54) is 12.8 Å². The molecule has 1 amide bonds. The van der Waals surface area contributed by atoms with Crippen LogP contribution >= 0.6 is 11.6 Å². The fourth-order valence-corrected chi connectivity index (χ4v) is 5.45. The molecule has 4 rings (SSSR count). The van der Waals surface area contributed by atoms with E-state index in [9.17, 15) is 4.79 Å². The Labute approximate surface area is 149 Å². The van der Waals surface area contributed by atoms with Crippen LogP contribution in [-0.4, -0.2) is 29.9 Å². The van der Waals surface area contributed by atoms with Gasteiger partial charge < -0.3 is 10.6 Å². The highest BCUT2D eigenvalue weighted by molar-refractivity contribution is 6.30. The van der Waals surface area contributed by atoms with Gasteiger partial charge in [0.15, 0.2) is 0 Å². The van der Waals surface area contributed by atoms with Crippen LogP contribution < -0.4 is 5.73 Å². The Morgan fingerprint density at radius 1 is 1.08 bits per heavy atom. The molecule has 4 heteroatoms. The third kappa shape index (κ3) is 2.66. The van der Waals surface area contributed by atoms with E-state index in [2.05, 4.69) is 17.0 Å². The summed E-state index contributed by atoms with van der Waals surface area (Å²) in [7, 11) is 0. The minimum Gasteiger partial charge on any atom is -0.341 e. The molecule has 2 aliphatic carbocycles. The number of fused-ring (bicyclic) bond motifs is 1. The zero-order valence-electron chi connectivity index (χ0n) is 14.2. The summed E-state index contributed by atoms with van der Waals surface area (Å²) in [6.07, 6.45) is 7.74. The van der Waals surface area contributed by atoms with Crippen LogP contribution in [0.4, 0.5) is 0 Å². The lowest BCUT2D eigenvalue weighted by molar-refractivity contribution is -0.138. The highest BCUT2D eigenvalue weighted by atomic mass is 35.5. The van der Waals surface area contributed by atoms with Crippen LogP contribution in [-0.2, 0) is 10.2 Å². The number of carbonyl (C=O) groups excluding carboxylic acids is 1. The Kier molecular flexibility index (Phi) is 4.34. The number of nitrogens with two attached hydrogens (primary N) is 1. The quantitative estimate of drug-likeness (QED) is 0.886. The summed E-state index contributed by atoms with van der Waals surface area (Å²) in [4.78, 5) is 15.7. The average Bonchev–Trinajstić information content (AvgIpc) is 3.18. The molecule has 2 saturated carbocycles. The first-order valence-corrected chi connectivity index (χ1v) is 9.79. The third-order valence-electron chi connectivity index (χ3n) is 6.71. The number of hydrogen-bond donors (Lipinski definition) is 1. The fourth-order valence-electron chi connectivity index (χ4n) is 5.33. The summed E-state index contributed by atoms with van der Waals surface area (Å²) in [5.74, 6) is 1.47. The first kappa shape index (κ1) is 16.4. The maximum Gasteiger partial charge on any atom is 0.233 e. The number of halogens is 1. The molecular formula is C20H27ClN2O. The van der Waals surface area contributed by atoms with Gasteiger partial charge in [-0.2, -0.15) is 0 Å². The van der Waals surface area contributed by atoms with Crippen molar-refractivity contribution in [2.45, 2.75) is 56.4 Å². The van der Waals surface area contributed by atoms with Gasteiger partial charge in [0.1, 0.15) is 0 Å². The van der Waals surface area contributed by atoms with E-state index in [0.29, 0.717) is 17.7 Å². The normalized spacial score (nSPS) is 31.9. The SMILES string of the molecule is NC1CCC2CN(C(=O)C3(c4ccc(Cl)cc4)CCCCC3)CC12. The van der Waals surface area contributed by atoms with E-state index >= 15 is 0 Å². The van der Waals surface area contributed by atoms with Gasteiger partial charge in [-0.05, 0) is 55.2 Å². The van der Waals surface area contributed by atoms with Gasteiger partial charge in [-0.1, -0.05) is 43.0 Å². The van der Waals surface area contributed by atoms with Crippen LogP contribution in [0.5, 0.6) is 0 Å². The van der Waals surface area contributed by atoms with Crippen molar-refractivity contribution in [2.24, 2.45) is 17.6 Å². The van der Waals surface area contributed by atoms with Crippen molar-refractivity contribution >= 4 is 17.5 Å². The number of nitrogens with zero attached hydrogens (tertiary/aromatic N) is 1. The molecule has 1 aromatic rings. The molecule has 0 spiro atoms. The first-order valence-electron chi connectivity index (χ1n) is 9.41. The van der Waals surface area contributed by atoms with Gasteiger partial charge in [-0.25, -0.2) is 0 Å². The van der Waals surface area contributed by atoms with Gasteiger partial charge in [0.25, 0.3) is 0 Å². The molecule has 3 atom stereocenters. The summed E-state index contributed by atoms with van der Waals surface area (Å²) in [6, 6.07) is 8.26. The van der Waals surface area contributed by atoms with Crippen molar-refractivity contribution in [3.63, 3.8) is 0 Å². The van der Waals surface area contributed by atoms with Gasteiger partial charge in [-0.15, -0.1) is 0 Å². The third-order valence-corrected chi connectivity index (χ3v) is 6.96. The minimum atomic E-state index is -0.342. The number of hydrogen-bond acceptors (Lipinski definition) is 2. The molecule has 1 aromatic carbocycles. The lowest BCUT2D eigenvalue weighted by atomic mass is 9.68. The summed E-state index contributed by atoms with van der Waals surface area (Å²) in [5, 5.41) is 0.735. The summed E-state index contributed by atoms with van der Waals surface area (Å²) in [5.41, 5.74) is 7.08. The molecule has 0 radical (unpaired) electrons. The number of amides is 1. The zero-order valence-corrected chi connectivity index (χ0v) is 15.0.